The highest BCUT2D eigenvalue weighted by Crippen LogP contribution is 2.21. The predicted octanol–water partition coefficient (Wildman–Crippen LogP) is 4.63. The number of benzene rings is 1. The molecule has 0 spiro atoms. The first-order chi connectivity index (χ1) is 12.9. The molecule has 1 heterocycles. The average Bonchev–Trinajstić information content (AvgIpc) is 2.66. The quantitative estimate of drug-likeness (QED) is 0.677. The molecular formula is C20H24FN3O2S. The van der Waals surface area contributed by atoms with Gasteiger partial charge in [0.15, 0.2) is 0 Å². The smallest absolute Gasteiger partial charge is 0.261 e. The zero-order valence-electron chi connectivity index (χ0n) is 15.3. The van der Waals surface area contributed by atoms with Gasteiger partial charge >= 0.3 is 0 Å². The Balaban J connectivity index is 1.58. The molecule has 1 aliphatic rings. The number of pyridine rings is 1. The maximum atomic E-state index is 13.3. The van der Waals surface area contributed by atoms with E-state index in [-0.39, 0.29) is 10.5 Å². The monoisotopic (exact) mass is 389 g/mol. The molecule has 0 atom stereocenters. The first-order valence-corrected chi connectivity index (χ1v) is 10.6. The molecule has 2 aromatic rings. The van der Waals surface area contributed by atoms with Gasteiger partial charge in [-0.2, -0.15) is 0 Å². The summed E-state index contributed by atoms with van der Waals surface area (Å²) >= 11 is 0. The molecule has 1 aliphatic carbocycles. The lowest BCUT2D eigenvalue weighted by Gasteiger charge is -2.13. The Kier molecular flexibility index (Phi) is 6.11. The van der Waals surface area contributed by atoms with Gasteiger partial charge in [0.1, 0.15) is 11.6 Å². The van der Waals surface area contributed by atoms with Crippen LogP contribution in [0.15, 0.2) is 53.1 Å². The molecule has 1 aromatic carbocycles. The van der Waals surface area contributed by atoms with Gasteiger partial charge in [0.25, 0.3) is 10.0 Å². The van der Waals surface area contributed by atoms with Crippen LogP contribution >= 0.6 is 0 Å². The fourth-order valence-electron chi connectivity index (χ4n) is 3.04. The fraction of sp³-hybridized carbons (Fsp3) is 0.350. The molecule has 2 N–H and O–H groups in total. The van der Waals surface area contributed by atoms with Crippen molar-refractivity contribution in [2.75, 3.05) is 16.6 Å². The molecular weight excluding hydrogens is 365 g/mol. The van der Waals surface area contributed by atoms with Crippen molar-refractivity contribution in [1.82, 2.24) is 4.98 Å². The second kappa shape index (κ2) is 8.52. The molecule has 1 aromatic heterocycles. The van der Waals surface area contributed by atoms with Gasteiger partial charge in [0.05, 0.1) is 16.8 Å². The van der Waals surface area contributed by atoms with E-state index >= 15 is 0 Å². The van der Waals surface area contributed by atoms with Crippen LogP contribution in [-0.4, -0.2) is 19.9 Å². The number of anilines is 2. The van der Waals surface area contributed by atoms with Gasteiger partial charge < -0.3 is 5.32 Å². The van der Waals surface area contributed by atoms with Gasteiger partial charge in [0, 0.05) is 6.54 Å². The Labute approximate surface area is 159 Å². The third-order valence-electron chi connectivity index (χ3n) is 4.59. The molecule has 144 valence electrons. The lowest BCUT2D eigenvalue weighted by atomic mass is 9.97. The third kappa shape index (κ3) is 5.29. The Morgan fingerprint density at radius 3 is 2.70 bits per heavy atom. The SMILES string of the molecule is Cc1cc(S(=O)(=O)Nc2ccc(NCCC3=CCCCC3)nc2)ccc1F. The molecule has 0 fully saturated rings. The van der Waals surface area contributed by atoms with Crippen LogP contribution in [0, 0.1) is 12.7 Å². The van der Waals surface area contributed by atoms with E-state index in [1.54, 1.807) is 12.1 Å². The Hall–Kier alpha value is -2.41. The lowest BCUT2D eigenvalue weighted by Crippen LogP contribution is -2.13. The maximum Gasteiger partial charge on any atom is 0.261 e. The number of nitrogens with one attached hydrogen (secondary N) is 2. The van der Waals surface area contributed by atoms with E-state index in [0.717, 1.165) is 19.0 Å². The predicted molar refractivity (Wildman–Crippen MR) is 106 cm³/mol. The first-order valence-electron chi connectivity index (χ1n) is 9.11. The number of aryl methyl sites for hydroxylation is 1. The van der Waals surface area contributed by atoms with E-state index in [0.29, 0.717) is 11.5 Å². The molecule has 0 bridgehead atoms. The van der Waals surface area contributed by atoms with E-state index < -0.39 is 15.8 Å². The van der Waals surface area contributed by atoms with Gasteiger partial charge in [-0.3, -0.25) is 4.72 Å². The van der Waals surface area contributed by atoms with Crippen molar-refractivity contribution in [2.24, 2.45) is 0 Å². The van der Waals surface area contributed by atoms with Crippen LogP contribution < -0.4 is 10.0 Å². The molecule has 27 heavy (non-hydrogen) atoms. The summed E-state index contributed by atoms with van der Waals surface area (Å²) in [5.74, 6) is 0.266. The minimum absolute atomic E-state index is 0.0179. The fourth-order valence-corrected chi connectivity index (χ4v) is 4.17. The number of rotatable bonds is 7. The Morgan fingerprint density at radius 1 is 1.19 bits per heavy atom. The summed E-state index contributed by atoms with van der Waals surface area (Å²) in [7, 11) is -3.78. The van der Waals surface area contributed by atoms with Crippen LogP contribution in [-0.2, 0) is 10.0 Å². The van der Waals surface area contributed by atoms with Crippen LogP contribution in [0.3, 0.4) is 0 Å². The summed E-state index contributed by atoms with van der Waals surface area (Å²) in [4.78, 5) is 4.27. The van der Waals surface area contributed by atoms with Crippen molar-refractivity contribution in [3.63, 3.8) is 0 Å². The topological polar surface area (TPSA) is 71.1 Å². The lowest BCUT2D eigenvalue weighted by molar-refractivity contribution is 0.598. The molecule has 0 aliphatic heterocycles. The van der Waals surface area contributed by atoms with Gasteiger partial charge in [-0.1, -0.05) is 11.6 Å². The van der Waals surface area contributed by atoms with Crippen molar-refractivity contribution in [3.8, 4) is 0 Å². The van der Waals surface area contributed by atoms with Crippen LogP contribution in [0.4, 0.5) is 15.9 Å². The highest BCUT2D eigenvalue weighted by molar-refractivity contribution is 7.92. The number of aromatic nitrogens is 1. The van der Waals surface area contributed by atoms with E-state index in [4.69, 9.17) is 0 Å². The third-order valence-corrected chi connectivity index (χ3v) is 5.97. The molecule has 0 saturated heterocycles. The second-order valence-corrected chi connectivity index (χ2v) is 8.42. The number of halogens is 1. The van der Waals surface area contributed by atoms with Crippen molar-refractivity contribution >= 4 is 21.5 Å². The Bertz CT molecular complexity index is 925. The first kappa shape index (κ1) is 19.4. The van der Waals surface area contributed by atoms with Gasteiger partial charge in [0.2, 0.25) is 0 Å². The number of allylic oxidation sites excluding steroid dienone is 1. The number of sulfonamides is 1. The van der Waals surface area contributed by atoms with Crippen molar-refractivity contribution < 1.29 is 12.8 Å². The molecule has 0 radical (unpaired) electrons. The summed E-state index contributed by atoms with van der Waals surface area (Å²) in [5, 5.41) is 3.26. The zero-order chi connectivity index (χ0) is 19.3. The van der Waals surface area contributed by atoms with Gasteiger partial charge in [-0.15, -0.1) is 0 Å². The largest absolute Gasteiger partial charge is 0.370 e. The zero-order valence-corrected chi connectivity index (χ0v) is 16.2. The van der Waals surface area contributed by atoms with Crippen molar-refractivity contribution in [2.45, 2.75) is 43.9 Å². The van der Waals surface area contributed by atoms with E-state index in [1.807, 2.05) is 0 Å². The highest BCUT2D eigenvalue weighted by Gasteiger charge is 2.15. The van der Waals surface area contributed by atoms with Crippen molar-refractivity contribution in [1.29, 1.82) is 0 Å². The Morgan fingerprint density at radius 2 is 2.04 bits per heavy atom. The normalized spacial score (nSPS) is 14.5. The van der Waals surface area contributed by atoms with Crippen LogP contribution in [0.2, 0.25) is 0 Å². The van der Waals surface area contributed by atoms with Gasteiger partial charge in [-0.25, -0.2) is 17.8 Å². The number of hydrogen-bond donors (Lipinski definition) is 2. The summed E-state index contributed by atoms with van der Waals surface area (Å²) in [6, 6.07) is 7.10. The van der Waals surface area contributed by atoms with E-state index in [1.165, 1.54) is 56.5 Å². The van der Waals surface area contributed by atoms with Crippen LogP contribution in [0.1, 0.15) is 37.7 Å². The highest BCUT2D eigenvalue weighted by atomic mass is 32.2. The number of nitrogens with zero attached hydrogens (tertiary/aromatic N) is 1. The van der Waals surface area contributed by atoms with E-state index in [2.05, 4.69) is 21.1 Å². The molecule has 0 amide bonds. The summed E-state index contributed by atoms with van der Waals surface area (Å²) in [6.45, 7) is 2.33. The maximum absolute atomic E-state index is 13.3. The van der Waals surface area contributed by atoms with Crippen LogP contribution in [0.5, 0.6) is 0 Å². The standard InChI is InChI=1S/C20H24FN3O2S/c1-15-13-18(8-9-19(15)21)27(25,26)24-17-7-10-20(23-14-17)22-12-11-16-5-3-2-4-6-16/h5,7-10,13-14,24H,2-4,6,11-12H2,1H3,(H,22,23). The summed E-state index contributed by atoms with van der Waals surface area (Å²) in [6.07, 6.45) is 9.71. The molecule has 0 saturated carbocycles. The van der Waals surface area contributed by atoms with Crippen molar-refractivity contribution in [3.05, 3.63) is 59.6 Å². The minimum Gasteiger partial charge on any atom is -0.370 e. The number of hydrogen-bond acceptors (Lipinski definition) is 4. The summed E-state index contributed by atoms with van der Waals surface area (Å²) in [5.41, 5.74) is 2.13. The molecule has 7 heteroatoms. The molecule has 5 nitrogen and oxygen atoms in total. The second-order valence-electron chi connectivity index (χ2n) is 6.73. The molecule has 0 unspecified atom stereocenters. The molecule has 3 rings (SSSR count). The van der Waals surface area contributed by atoms with E-state index in [9.17, 15) is 12.8 Å². The minimum atomic E-state index is -3.78. The van der Waals surface area contributed by atoms with Gasteiger partial charge in [-0.05, 0) is 74.9 Å². The van der Waals surface area contributed by atoms with Crippen LogP contribution in [0.25, 0.3) is 0 Å². The summed E-state index contributed by atoms with van der Waals surface area (Å²) < 4.78 is 40.6. The average molecular weight is 389 g/mol.